The van der Waals surface area contributed by atoms with E-state index in [-0.39, 0.29) is 11.9 Å². The molecule has 1 aromatic rings. The third kappa shape index (κ3) is 4.93. The number of nitrogens with two attached hydrogens (primary N) is 1. The summed E-state index contributed by atoms with van der Waals surface area (Å²) < 4.78 is 5.51. The van der Waals surface area contributed by atoms with Crippen LogP contribution in [0.5, 0.6) is 5.75 Å². The molecule has 0 aliphatic carbocycles. The minimum Gasteiger partial charge on any atom is -0.493 e. The smallest absolute Gasteiger partial charge is 0.257 e. The lowest BCUT2D eigenvalue weighted by atomic mass is 10.0. The number of benzene rings is 1. The maximum atomic E-state index is 12.6. The zero-order valence-electron chi connectivity index (χ0n) is 13.6. The molecule has 5 nitrogen and oxygen atoms in total. The minimum atomic E-state index is -0.183. The van der Waals surface area contributed by atoms with Crippen LogP contribution in [0, 0.1) is 5.92 Å². The number of carbonyl (C=O) groups excluding carboxylic acids is 1. The average Bonchev–Trinajstić information content (AvgIpc) is 2.37. The van der Waals surface area contributed by atoms with Gasteiger partial charge in [0.2, 0.25) is 0 Å². The van der Waals surface area contributed by atoms with E-state index in [4.69, 9.17) is 10.5 Å². The summed E-state index contributed by atoms with van der Waals surface area (Å²) >= 11 is 0. The second-order valence-electron chi connectivity index (χ2n) is 5.74. The summed E-state index contributed by atoms with van der Waals surface area (Å²) in [7, 11) is 3.98. The van der Waals surface area contributed by atoms with Gasteiger partial charge in [0, 0.05) is 18.3 Å². The number of nitrogens with zero attached hydrogens (tertiary/aromatic N) is 1. The number of rotatable bonds is 7. The molecule has 1 atom stereocenters. The number of ether oxygens (including phenoxy) is 1. The molecule has 0 radical (unpaired) electrons. The first-order chi connectivity index (χ1) is 9.86. The molecule has 0 heterocycles. The summed E-state index contributed by atoms with van der Waals surface area (Å²) in [6, 6.07) is 5.33. The molecule has 0 aliphatic heterocycles. The Bertz CT molecular complexity index is 473. The Kier molecular flexibility index (Phi) is 6.49. The van der Waals surface area contributed by atoms with Crippen LogP contribution in [0.25, 0.3) is 0 Å². The summed E-state index contributed by atoms with van der Waals surface area (Å²) in [5, 5.41) is 3.06. The summed E-state index contributed by atoms with van der Waals surface area (Å²) in [5.74, 6) is 0.677. The van der Waals surface area contributed by atoms with Crippen LogP contribution in [0.1, 0.15) is 31.1 Å². The Labute approximate surface area is 127 Å². The highest BCUT2D eigenvalue weighted by atomic mass is 16.5. The highest BCUT2D eigenvalue weighted by molar-refractivity contribution is 6.02. The van der Waals surface area contributed by atoms with Crippen LogP contribution in [0.3, 0.4) is 0 Å². The maximum absolute atomic E-state index is 12.6. The molecular weight excluding hydrogens is 266 g/mol. The molecule has 1 amide bonds. The second kappa shape index (κ2) is 7.88. The molecule has 0 bridgehead atoms. The Morgan fingerprint density at radius 1 is 1.38 bits per heavy atom. The van der Waals surface area contributed by atoms with Crippen LogP contribution in [-0.4, -0.2) is 44.1 Å². The molecular formula is C16H27N3O2. The molecule has 0 saturated carbocycles. The molecule has 5 heteroatoms. The quantitative estimate of drug-likeness (QED) is 0.754. The van der Waals surface area contributed by atoms with Gasteiger partial charge in [0.05, 0.1) is 6.61 Å². The molecule has 0 spiro atoms. The van der Waals surface area contributed by atoms with Crippen molar-refractivity contribution >= 4 is 11.6 Å². The van der Waals surface area contributed by atoms with E-state index in [1.165, 1.54) is 0 Å². The minimum absolute atomic E-state index is 0.0570. The predicted molar refractivity (Wildman–Crippen MR) is 86.7 cm³/mol. The van der Waals surface area contributed by atoms with Gasteiger partial charge in [0.15, 0.2) is 0 Å². The second-order valence-corrected chi connectivity index (χ2v) is 5.74. The third-order valence-electron chi connectivity index (χ3n) is 3.27. The Balaban J connectivity index is 2.97. The van der Waals surface area contributed by atoms with Crippen molar-refractivity contribution in [2.24, 2.45) is 5.92 Å². The number of nitrogens with one attached hydrogen (secondary N) is 1. The van der Waals surface area contributed by atoms with Crippen molar-refractivity contribution in [1.82, 2.24) is 10.2 Å². The zero-order valence-corrected chi connectivity index (χ0v) is 13.6. The summed E-state index contributed by atoms with van der Waals surface area (Å²) in [6.07, 6.45) is 0. The van der Waals surface area contributed by atoms with Gasteiger partial charge in [0.1, 0.15) is 11.3 Å². The van der Waals surface area contributed by atoms with E-state index < -0.39 is 0 Å². The van der Waals surface area contributed by atoms with Crippen LogP contribution >= 0.6 is 0 Å². The van der Waals surface area contributed by atoms with Gasteiger partial charge in [-0.2, -0.15) is 0 Å². The number of hydrogen-bond donors (Lipinski definition) is 2. The Hall–Kier alpha value is -1.75. The predicted octanol–water partition coefficient (Wildman–Crippen LogP) is 1.98. The van der Waals surface area contributed by atoms with Gasteiger partial charge in [-0.25, -0.2) is 0 Å². The van der Waals surface area contributed by atoms with Crippen LogP contribution in [0.2, 0.25) is 0 Å². The van der Waals surface area contributed by atoms with E-state index in [2.05, 4.69) is 24.1 Å². The molecule has 0 aliphatic rings. The molecule has 3 N–H and O–H groups in total. The summed E-state index contributed by atoms with van der Waals surface area (Å²) in [6.45, 7) is 7.33. The van der Waals surface area contributed by atoms with Gasteiger partial charge in [-0.15, -0.1) is 0 Å². The van der Waals surface area contributed by atoms with Gasteiger partial charge in [0.25, 0.3) is 5.91 Å². The lowest BCUT2D eigenvalue weighted by Gasteiger charge is -2.26. The number of amides is 1. The largest absolute Gasteiger partial charge is 0.493 e. The third-order valence-corrected chi connectivity index (χ3v) is 3.27. The van der Waals surface area contributed by atoms with Crippen molar-refractivity contribution in [2.75, 3.05) is 33.0 Å². The topological polar surface area (TPSA) is 67.6 Å². The number of hydrogen-bond acceptors (Lipinski definition) is 4. The molecule has 0 fully saturated rings. The first-order valence-corrected chi connectivity index (χ1v) is 7.33. The summed E-state index contributed by atoms with van der Waals surface area (Å²) in [5.41, 5.74) is 6.81. The first kappa shape index (κ1) is 17.3. The van der Waals surface area contributed by atoms with Crippen molar-refractivity contribution in [1.29, 1.82) is 0 Å². The Morgan fingerprint density at radius 3 is 2.57 bits per heavy atom. The van der Waals surface area contributed by atoms with Crippen LogP contribution in [-0.2, 0) is 0 Å². The van der Waals surface area contributed by atoms with Crippen LogP contribution in [0.4, 0.5) is 5.69 Å². The lowest BCUT2D eigenvalue weighted by molar-refractivity contribution is 0.0914. The highest BCUT2D eigenvalue weighted by Crippen LogP contribution is 2.24. The van der Waals surface area contributed by atoms with Gasteiger partial charge in [-0.05, 0) is 39.1 Å². The van der Waals surface area contributed by atoms with E-state index in [0.29, 0.717) is 29.5 Å². The van der Waals surface area contributed by atoms with Gasteiger partial charge in [-0.3, -0.25) is 4.79 Å². The van der Waals surface area contributed by atoms with Crippen molar-refractivity contribution in [2.45, 2.75) is 26.8 Å². The summed E-state index contributed by atoms with van der Waals surface area (Å²) in [4.78, 5) is 14.6. The standard InChI is InChI=1S/C16H27N3O2/c1-6-21-14-9-7-8-12(17)15(14)16(20)18-13(11(2)3)10-19(4)5/h7-9,11,13H,6,10,17H2,1-5H3,(H,18,20). The van der Waals surface area contributed by atoms with Gasteiger partial charge < -0.3 is 20.7 Å². The van der Waals surface area contributed by atoms with Crippen LogP contribution in [0.15, 0.2) is 18.2 Å². The zero-order chi connectivity index (χ0) is 16.0. The van der Waals surface area contributed by atoms with Gasteiger partial charge in [-0.1, -0.05) is 19.9 Å². The fourth-order valence-corrected chi connectivity index (χ4v) is 2.12. The van der Waals surface area contributed by atoms with Gasteiger partial charge >= 0.3 is 0 Å². The molecule has 1 unspecified atom stereocenters. The maximum Gasteiger partial charge on any atom is 0.257 e. The fraction of sp³-hybridized carbons (Fsp3) is 0.562. The molecule has 0 saturated heterocycles. The molecule has 0 aromatic heterocycles. The highest BCUT2D eigenvalue weighted by Gasteiger charge is 2.22. The van der Waals surface area contributed by atoms with Crippen molar-refractivity contribution in [3.63, 3.8) is 0 Å². The lowest BCUT2D eigenvalue weighted by Crippen LogP contribution is -2.45. The van der Waals surface area contributed by atoms with E-state index in [1.807, 2.05) is 21.0 Å². The number of likely N-dealkylation sites (N-methyl/N-ethyl adjacent to an activating group) is 1. The van der Waals surface area contributed by atoms with Crippen molar-refractivity contribution in [3.05, 3.63) is 23.8 Å². The number of anilines is 1. The Morgan fingerprint density at radius 2 is 2.05 bits per heavy atom. The molecule has 21 heavy (non-hydrogen) atoms. The van der Waals surface area contributed by atoms with E-state index in [0.717, 1.165) is 6.54 Å². The number of carbonyl (C=O) groups is 1. The molecule has 1 rings (SSSR count). The number of nitrogen functional groups attached to an aromatic ring is 1. The molecule has 118 valence electrons. The van der Waals surface area contributed by atoms with Crippen molar-refractivity contribution in [3.8, 4) is 5.75 Å². The van der Waals surface area contributed by atoms with E-state index in [1.54, 1.807) is 18.2 Å². The van der Waals surface area contributed by atoms with Crippen LogP contribution < -0.4 is 15.8 Å². The van der Waals surface area contributed by atoms with E-state index >= 15 is 0 Å². The monoisotopic (exact) mass is 293 g/mol. The average molecular weight is 293 g/mol. The SMILES string of the molecule is CCOc1cccc(N)c1C(=O)NC(CN(C)C)C(C)C. The normalized spacial score (nSPS) is 12.5. The molecule has 1 aromatic carbocycles. The van der Waals surface area contributed by atoms with E-state index in [9.17, 15) is 4.79 Å². The fourth-order valence-electron chi connectivity index (χ4n) is 2.12. The van der Waals surface area contributed by atoms with Crippen molar-refractivity contribution < 1.29 is 9.53 Å². The first-order valence-electron chi connectivity index (χ1n) is 7.33.